The van der Waals surface area contributed by atoms with Crippen LogP contribution in [0.2, 0.25) is 0 Å². The van der Waals surface area contributed by atoms with Crippen LogP contribution in [0.25, 0.3) is 0 Å². The molecule has 0 saturated heterocycles. The van der Waals surface area contributed by atoms with Crippen molar-refractivity contribution in [2.45, 2.75) is 25.2 Å². The summed E-state index contributed by atoms with van der Waals surface area (Å²) in [6.07, 6.45) is 2.27. The number of sulfonamides is 1. The van der Waals surface area contributed by atoms with Crippen molar-refractivity contribution in [1.82, 2.24) is 4.72 Å². The first-order valence-corrected chi connectivity index (χ1v) is 6.84. The number of benzene rings is 1. The lowest BCUT2D eigenvalue weighted by molar-refractivity contribution is 0.581. The summed E-state index contributed by atoms with van der Waals surface area (Å²) in [6, 6.07) is 3.43. The quantitative estimate of drug-likeness (QED) is 0.477. The topological polar surface area (TPSA) is 72.2 Å². The molecule has 5 heteroatoms. The average Bonchev–Trinajstić information content (AvgIpc) is 2.24. The number of nitrogens with two attached hydrogens (primary N) is 1. The Labute approximate surface area is 103 Å². The molecule has 3 N–H and O–H groups in total. The van der Waals surface area contributed by atoms with E-state index in [2.05, 4.69) is 11.3 Å². The summed E-state index contributed by atoms with van der Waals surface area (Å²) in [5.74, 6) is 0. The van der Waals surface area contributed by atoms with Gasteiger partial charge in [0.1, 0.15) is 0 Å². The molecule has 0 saturated carbocycles. The normalized spacial score (nSPS) is 11.4. The largest absolute Gasteiger partial charge is 0.398 e. The summed E-state index contributed by atoms with van der Waals surface area (Å²) in [6.45, 7) is 7.37. The predicted molar refractivity (Wildman–Crippen MR) is 70.3 cm³/mol. The molecule has 1 aromatic carbocycles. The molecule has 0 aromatic heterocycles. The summed E-state index contributed by atoms with van der Waals surface area (Å²) >= 11 is 0. The van der Waals surface area contributed by atoms with E-state index in [0.717, 1.165) is 0 Å². The van der Waals surface area contributed by atoms with Crippen LogP contribution < -0.4 is 10.5 Å². The third-order valence-electron chi connectivity index (χ3n) is 2.55. The van der Waals surface area contributed by atoms with Crippen LogP contribution in [0.3, 0.4) is 0 Å². The first kappa shape index (κ1) is 13.7. The van der Waals surface area contributed by atoms with Gasteiger partial charge in [0, 0.05) is 12.2 Å². The van der Waals surface area contributed by atoms with E-state index in [1.165, 1.54) is 0 Å². The van der Waals surface area contributed by atoms with Crippen molar-refractivity contribution < 1.29 is 8.42 Å². The van der Waals surface area contributed by atoms with Crippen LogP contribution in [0, 0.1) is 13.8 Å². The zero-order valence-electron chi connectivity index (χ0n) is 10.2. The molecule has 1 rings (SSSR count). The maximum Gasteiger partial charge on any atom is 0.241 e. The molecule has 0 bridgehead atoms. The fourth-order valence-corrected chi connectivity index (χ4v) is 3.17. The Bertz CT molecular complexity index is 522. The van der Waals surface area contributed by atoms with Gasteiger partial charge in [-0.1, -0.05) is 12.1 Å². The fourth-order valence-electron chi connectivity index (χ4n) is 1.62. The van der Waals surface area contributed by atoms with E-state index < -0.39 is 10.0 Å². The first-order valence-electron chi connectivity index (χ1n) is 5.36. The Morgan fingerprint density at radius 1 is 1.41 bits per heavy atom. The molecule has 0 aliphatic rings. The predicted octanol–water partition coefficient (Wildman–Crippen LogP) is 1.74. The highest BCUT2D eigenvalue weighted by Gasteiger charge is 2.19. The summed E-state index contributed by atoms with van der Waals surface area (Å²) < 4.78 is 26.7. The van der Waals surface area contributed by atoms with Gasteiger partial charge < -0.3 is 5.73 Å². The van der Waals surface area contributed by atoms with Crippen LogP contribution in [0.1, 0.15) is 17.5 Å². The van der Waals surface area contributed by atoms with E-state index in [1.54, 1.807) is 32.1 Å². The van der Waals surface area contributed by atoms with Crippen LogP contribution in [0.15, 0.2) is 29.7 Å². The number of anilines is 1. The molecule has 0 amide bonds. The zero-order valence-corrected chi connectivity index (χ0v) is 11.0. The van der Waals surface area contributed by atoms with Gasteiger partial charge in [-0.3, -0.25) is 0 Å². The number of nitrogen functional groups attached to an aromatic ring is 1. The molecule has 0 spiro atoms. The van der Waals surface area contributed by atoms with Crippen LogP contribution in [-0.4, -0.2) is 15.0 Å². The van der Waals surface area contributed by atoms with E-state index >= 15 is 0 Å². The van der Waals surface area contributed by atoms with Crippen molar-refractivity contribution in [2.24, 2.45) is 0 Å². The molecule has 0 radical (unpaired) electrons. The lowest BCUT2D eigenvalue weighted by Crippen LogP contribution is -2.26. The van der Waals surface area contributed by atoms with Crippen LogP contribution >= 0.6 is 0 Å². The number of hydrogen-bond donors (Lipinski definition) is 2. The molecule has 17 heavy (non-hydrogen) atoms. The smallest absolute Gasteiger partial charge is 0.241 e. The monoisotopic (exact) mass is 254 g/mol. The number of rotatable bonds is 5. The van der Waals surface area contributed by atoms with Crippen molar-refractivity contribution in [3.8, 4) is 0 Å². The maximum atomic E-state index is 12.1. The molecule has 0 aliphatic heterocycles. The van der Waals surface area contributed by atoms with E-state index in [1.807, 2.05) is 0 Å². The second-order valence-corrected chi connectivity index (χ2v) is 5.60. The number of aryl methyl sites for hydroxylation is 1. The summed E-state index contributed by atoms with van der Waals surface area (Å²) in [7, 11) is -3.49. The molecular formula is C12H18N2O2S. The third kappa shape index (κ3) is 3.08. The van der Waals surface area contributed by atoms with Crippen LogP contribution in [0.5, 0.6) is 0 Å². The van der Waals surface area contributed by atoms with Crippen molar-refractivity contribution >= 4 is 15.7 Å². The van der Waals surface area contributed by atoms with E-state index in [9.17, 15) is 8.42 Å². The average molecular weight is 254 g/mol. The Morgan fingerprint density at radius 3 is 2.65 bits per heavy atom. The second-order valence-electron chi connectivity index (χ2n) is 3.90. The molecule has 0 atom stereocenters. The Balaban J connectivity index is 3.15. The van der Waals surface area contributed by atoms with Gasteiger partial charge in [0.25, 0.3) is 0 Å². The van der Waals surface area contributed by atoms with Crippen molar-refractivity contribution in [1.29, 1.82) is 0 Å². The van der Waals surface area contributed by atoms with Gasteiger partial charge in [-0.05, 0) is 37.5 Å². The minimum Gasteiger partial charge on any atom is -0.398 e. The van der Waals surface area contributed by atoms with Gasteiger partial charge in [-0.25, -0.2) is 13.1 Å². The molecule has 0 heterocycles. The highest BCUT2D eigenvalue weighted by molar-refractivity contribution is 7.89. The van der Waals surface area contributed by atoms with Gasteiger partial charge in [0.05, 0.1) is 4.90 Å². The molecule has 1 aromatic rings. The minimum absolute atomic E-state index is 0.279. The Morgan fingerprint density at radius 2 is 2.06 bits per heavy atom. The fraction of sp³-hybridized carbons (Fsp3) is 0.333. The highest BCUT2D eigenvalue weighted by atomic mass is 32.2. The van der Waals surface area contributed by atoms with Crippen molar-refractivity contribution in [3.05, 3.63) is 35.9 Å². The van der Waals surface area contributed by atoms with Gasteiger partial charge in [-0.15, -0.1) is 6.58 Å². The van der Waals surface area contributed by atoms with E-state index in [-0.39, 0.29) is 4.90 Å². The highest BCUT2D eigenvalue weighted by Crippen LogP contribution is 2.24. The molecular weight excluding hydrogens is 236 g/mol. The molecule has 94 valence electrons. The van der Waals surface area contributed by atoms with E-state index in [4.69, 9.17) is 5.73 Å². The van der Waals surface area contributed by atoms with Gasteiger partial charge in [0.2, 0.25) is 10.0 Å². The third-order valence-corrected chi connectivity index (χ3v) is 4.30. The Hall–Kier alpha value is -1.33. The lowest BCUT2D eigenvalue weighted by Gasteiger charge is -2.13. The van der Waals surface area contributed by atoms with Gasteiger partial charge >= 0.3 is 0 Å². The summed E-state index contributed by atoms with van der Waals surface area (Å²) in [5.41, 5.74) is 7.51. The molecule has 0 fully saturated rings. The SMILES string of the molecule is C=CCCNS(=O)(=O)c1c(C)ccc(N)c1C. The lowest BCUT2D eigenvalue weighted by atomic mass is 10.1. The zero-order chi connectivity index (χ0) is 13.1. The van der Waals surface area contributed by atoms with Crippen LogP contribution in [0.4, 0.5) is 5.69 Å². The standard InChI is InChI=1S/C12H18N2O2S/c1-4-5-8-14-17(15,16)12-9(2)6-7-11(13)10(12)3/h4,6-7,14H,1,5,8,13H2,2-3H3. The minimum atomic E-state index is -3.49. The Kier molecular flexibility index (Phi) is 4.31. The van der Waals surface area contributed by atoms with Gasteiger partial charge in [0.15, 0.2) is 0 Å². The molecule has 0 unspecified atom stereocenters. The molecule has 0 aliphatic carbocycles. The van der Waals surface area contributed by atoms with Gasteiger partial charge in [-0.2, -0.15) is 0 Å². The van der Waals surface area contributed by atoms with Crippen molar-refractivity contribution in [2.75, 3.05) is 12.3 Å². The molecule has 4 nitrogen and oxygen atoms in total. The van der Waals surface area contributed by atoms with Crippen molar-refractivity contribution in [3.63, 3.8) is 0 Å². The first-order chi connectivity index (χ1) is 7.90. The number of hydrogen-bond acceptors (Lipinski definition) is 3. The number of nitrogens with one attached hydrogen (secondary N) is 1. The summed E-state index contributed by atoms with van der Waals surface area (Å²) in [4.78, 5) is 0.279. The van der Waals surface area contributed by atoms with E-state index in [0.29, 0.717) is 29.8 Å². The van der Waals surface area contributed by atoms with Crippen LogP contribution in [-0.2, 0) is 10.0 Å². The maximum absolute atomic E-state index is 12.1. The second kappa shape index (κ2) is 5.33. The summed E-state index contributed by atoms with van der Waals surface area (Å²) in [5, 5.41) is 0.